The van der Waals surface area contributed by atoms with Crippen LogP contribution >= 0.6 is 0 Å². The second kappa shape index (κ2) is 5.11. The molecule has 1 aliphatic heterocycles. The lowest BCUT2D eigenvalue weighted by molar-refractivity contribution is -0.0648. The van der Waals surface area contributed by atoms with Gasteiger partial charge in [-0.2, -0.15) is 0 Å². The zero-order chi connectivity index (χ0) is 13.3. The number of nitrogens with zero attached hydrogens (tertiary/aromatic N) is 3. The highest BCUT2D eigenvalue weighted by Gasteiger charge is 2.44. The number of aliphatic hydroxyl groups is 2. The molecule has 2 N–H and O–H groups in total. The molecule has 0 aromatic carbocycles. The van der Waals surface area contributed by atoms with Crippen molar-refractivity contribution in [2.75, 3.05) is 13.7 Å². The number of ether oxygens (including phenoxy) is 2. The summed E-state index contributed by atoms with van der Waals surface area (Å²) in [5, 5.41) is 23.5. The molecule has 2 rings (SSSR count). The van der Waals surface area contributed by atoms with Crippen LogP contribution in [0.15, 0.2) is 6.33 Å². The van der Waals surface area contributed by atoms with Crippen LogP contribution in [-0.2, 0) is 9.47 Å². The van der Waals surface area contributed by atoms with E-state index in [4.69, 9.17) is 9.47 Å². The molecule has 0 spiro atoms. The average Bonchev–Trinajstić information content (AvgIpc) is 2.90. The molecule has 18 heavy (non-hydrogen) atoms. The topological polar surface area (TPSA) is 107 Å². The van der Waals surface area contributed by atoms with E-state index in [2.05, 4.69) is 10.1 Å². The summed E-state index contributed by atoms with van der Waals surface area (Å²) in [7, 11) is 1.47. The first-order valence-corrected chi connectivity index (χ1v) is 5.47. The molecule has 8 heteroatoms. The number of Topliss-reactive ketones (excluding diaryl/α,β-unsaturated/α-hetero) is 1. The summed E-state index contributed by atoms with van der Waals surface area (Å²) < 4.78 is 11.5. The lowest BCUT2D eigenvalue weighted by Gasteiger charge is -2.13. The van der Waals surface area contributed by atoms with Gasteiger partial charge in [-0.05, 0) is 0 Å². The second-order valence-electron chi connectivity index (χ2n) is 4.11. The Kier molecular flexibility index (Phi) is 3.71. The summed E-state index contributed by atoms with van der Waals surface area (Å²) >= 11 is 0. The average molecular weight is 257 g/mol. The van der Waals surface area contributed by atoms with E-state index in [1.165, 1.54) is 25.0 Å². The summed E-state index contributed by atoms with van der Waals surface area (Å²) in [5.41, 5.74) is 0. The standard InChI is InChI=1S/C10H15N3O5/c1-5(14)9-11-4-13(12-9)10-8(16)7(15)6(18-10)3-17-2/h4,6-8,10,15-16H,3H2,1-2H3/t6-,7-,8-,10-/m1/s1. The predicted octanol–water partition coefficient (Wildman–Crippen LogP) is -1.25. The molecule has 1 fully saturated rings. The minimum Gasteiger partial charge on any atom is -0.387 e. The molecule has 1 saturated heterocycles. The van der Waals surface area contributed by atoms with Crippen LogP contribution in [0.5, 0.6) is 0 Å². The van der Waals surface area contributed by atoms with Gasteiger partial charge >= 0.3 is 0 Å². The summed E-state index contributed by atoms with van der Waals surface area (Å²) in [4.78, 5) is 14.9. The number of aliphatic hydroxyl groups excluding tert-OH is 2. The first-order valence-electron chi connectivity index (χ1n) is 5.47. The fraction of sp³-hybridized carbons (Fsp3) is 0.700. The highest BCUT2D eigenvalue weighted by molar-refractivity contribution is 5.89. The Labute approximate surface area is 103 Å². The van der Waals surface area contributed by atoms with Crippen LogP contribution in [0.2, 0.25) is 0 Å². The largest absolute Gasteiger partial charge is 0.387 e. The molecule has 100 valence electrons. The first-order chi connectivity index (χ1) is 8.54. The van der Waals surface area contributed by atoms with Crippen LogP contribution in [0.25, 0.3) is 0 Å². The third-order valence-electron chi connectivity index (χ3n) is 2.75. The summed E-state index contributed by atoms with van der Waals surface area (Å²) in [6, 6.07) is 0. The lowest BCUT2D eigenvalue weighted by atomic mass is 10.1. The fourth-order valence-electron chi connectivity index (χ4n) is 1.81. The molecule has 1 aliphatic rings. The quantitative estimate of drug-likeness (QED) is 0.649. The number of aromatic nitrogens is 3. The Morgan fingerprint density at radius 1 is 1.56 bits per heavy atom. The van der Waals surface area contributed by atoms with Gasteiger partial charge in [-0.25, -0.2) is 9.67 Å². The van der Waals surface area contributed by atoms with E-state index in [0.29, 0.717) is 0 Å². The maximum atomic E-state index is 11.1. The summed E-state index contributed by atoms with van der Waals surface area (Å²) in [5.74, 6) is -0.245. The maximum absolute atomic E-state index is 11.1. The molecule has 0 radical (unpaired) electrons. The van der Waals surface area contributed by atoms with Gasteiger partial charge in [-0.3, -0.25) is 4.79 Å². The molecule has 1 aromatic heterocycles. The van der Waals surface area contributed by atoms with Gasteiger partial charge in [0.25, 0.3) is 0 Å². The smallest absolute Gasteiger partial charge is 0.217 e. The van der Waals surface area contributed by atoms with Crippen molar-refractivity contribution in [1.29, 1.82) is 0 Å². The molecule has 1 aromatic rings. The van der Waals surface area contributed by atoms with E-state index in [-0.39, 0.29) is 18.2 Å². The van der Waals surface area contributed by atoms with Gasteiger partial charge in [0.05, 0.1) is 6.61 Å². The number of carbonyl (C=O) groups is 1. The Morgan fingerprint density at radius 3 is 2.83 bits per heavy atom. The van der Waals surface area contributed by atoms with Crippen molar-refractivity contribution in [3.05, 3.63) is 12.2 Å². The van der Waals surface area contributed by atoms with Crippen molar-refractivity contribution in [3.63, 3.8) is 0 Å². The molecule has 0 aliphatic carbocycles. The minimum atomic E-state index is -1.15. The number of ketones is 1. The van der Waals surface area contributed by atoms with E-state index in [1.54, 1.807) is 0 Å². The van der Waals surface area contributed by atoms with E-state index < -0.39 is 24.5 Å². The van der Waals surface area contributed by atoms with Crippen LogP contribution in [0.4, 0.5) is 0 Å². The van der Waals surface area contributed by atoms with Crippen LogP contribution in [0.1, 0.15) is 23.8 Å². The zero-order valence-corrected chi connectivity index (χ0v) is 10.1. The first kappa shape index (κ1) is 13.1. The van der Waals surface area contributed by atoms with Gasteiger partial charge in [-0.1, -0.05) is 0 Å². The van der Waals surface area contributed by atoms with E-state index in [1.807, 2.05) is 0 Å². The Bertz CT molecular complexity index is 435. The van der Waals surface area contributed by atoms with E-state index in [0.717, 1.165) is 0 Å². The number of carbonyl (C=O) groups excluding carboxylic acids is 1. The second-order valence-corrected chi connectivity index (χ2v) is 4.11. The Hall–Kier alpha value is -1.35. The van der Waals surface area contributed by atoms with Gasteiger partial charge in [0.2, 0.25) is 5.82 Å². The third-order valence-corrected chi connectivity index (χ3v) is 2.75. The molecule has 0 amide bonds. The fourth-order valence-corrected chi connectivity index (χ4v) is 1.81. The molecule has 0 saturated carbocycles. The highest BCUT2D eigenvalue weighted by atomic mass is 16.6. The van der Waals surface area contributed by atoms with Crippen LogP contribution in [0.3, 0.4) is 0 Å². The number of rotatable bonds is 4. The normalized spacial score (nSPS) is 31.8. The van der Waals surface area contributed by atoms with E-state index >= 15 is 0 Å². The molecular formula is C10H15N3O5. The SMILES string of the molecule is COC[C@H]1O[C@@H](n2cnc(C(C)=O)n2)[C@H](O)[C@@H]1O. The van der Waals surface area contributed by atoms with Crippen LogP contribution in [-0.4, -0.2) is 62.8 Å². The molecule has 0 bridgehead atoms. The predicted molar refractivity (Wildman–Crippen MR) is 57.8 cm³/mol. The van der Waals surface area contributed by atoms with Crippen molar-refractivity contribution in [2.45, 2.75) is 31.5 Å². The number of hydrogen-bond acceptors (Lipinski definition) is 7. The Balaban J connectivity index is 2.15. The Morgan fingerprint density at radius 2 is 2.28 bits per heavy atom. The summed E-state index contributed by atoms with van der Waals surface area (Å²) in [6.07, 6.45) is -2.45. The highest BCUT2D eigenvalue weighted by Crippen LogP contribution is 2.28. The molecular weight excluding hydrogens is 242 g/mol. The van der Waals surface area contributed by atoms with E-state index in [9.17, 15) is 15.0 Å². The third kappa shape index (κ3) is 2.27. The summed E-state index contributed by atoms with van der Waals surface area (Å²) in [6.45, 7) is 1.50. The van der Waals surface area contributed by atoms with Crippen LogP contribution < -0.4 is 0 Å². The molecule has 0 unspecified atom stereocenters. The van der Waals surface area contributed by atoms with Gasteiger partial charge in [0, 0.05) is 14.0 Å². The minimum absolute atomic E-state index is 0.0375. The van der Waals surface area contributed by atoms with Gasteiger partial charge in [-0.15, -0.1) is 5.10 Å². The van der Waals surface area contributed by atoms with Gasteiger partial charge in [0.15, 0.2) is 12.0 Å². The number of methoxy groups -OCH3 is 1. The number of hydrogen-bond donors (Lipinski definition) is 2. The van der Waals surface area contributed by atoms with Crippen molar-refractivity contribution < 1.29 is 24.5 Å². The monoisotopic (exact) mass is 257 g/mol. The zero-order valence-electron chi connectivity index (χ0n) is 10.1. The molecule has 2 heterocycles. The molecule has 8 nitrogen and oxygen atoms in total. The van der Waals surface area contributed by atoms with Crippen LogP contribution in [0, 0.1) is 0 Å². The van der Waals surface area contributed by atoms with Gasteiger partial charge < -0.3 is 19.7 Å². The van der Waals surface area contributed by atoms with Crippen molar-refractivity contribution >= 4 is 5.78 Å². The van der Waals surface area contributed by atoms with Crippen molar-refractivity contribution in [3.8, 4) is 0 Å². The maximum Gasteiger partial charge on any atom is 0.217 e. The lowest BCUT2D eigenvalue weighted by Crippen LogP contribution is -2.33. The van der Waals surface area contributed by atoms with Crippen molar-refractivity contribution in [1.82, 2.24) is 14.8 Å². The van der Waals surface area contributed by atoms with Crippen molar-refractivity contribution in [2.24, 2.45) is 0 Å². The molecule has 4 atom stereocenters. The van der Waals surface area contributed by atoms with Gasteiger partial charge in [0.1, 0.15) is 24.6 Å².